The third-order valence-corrected chi connectivity index (χ3v) is 4.61. The van der Waals surface area contributed by atoms with Gasteiger partial charge in [0.15, 0.2) is 0 Å². The number of ether oxygens (including phenoxy) is 1. The minimum absolute atomic E-state index is 0.0665. The van der Waals surface area contributed by atoms with Crippen LogP contribution < -0.4 is 10.1 Å². The van der Waals surface area contributed by atoms with E-state index in [1.807, 2.05) is 61.5 Å². The summed E-state index contributed by atoms with van der Waals surface area (Å²) in [6.45, 7) is 1.87. The summed E-state index contributed by atoms with van der Waals surface area (Å²) in [7, 11) is 1.60. The van der Waals surface area contributed by atoms with E-state index in [1.165, 1.54) is 11.8 Å². The molecule has 1 aromatic heterocycles. The minimum atomic E-state index is -0.259. The largest absolute Gasteiger partial charge is 0.497 e. The average Bonchev–Trinajstić information content (AvgIpc) is 2.61. The second-order valence-corrected chi connectivity index (χ2v) is 6.68. The molecule has 24 heavy (non-hydrogen) atoms. The maximum absolute atomic E-state index is 12.4. The molecule has 0 aliphatic carbocycles. The molecule has 1 amide bonds. The Morgan fingerprint density at radius 1 is 1.12 bits per heavy atom. The van der Waals surface area contributed by atoms with Crippen LogP contribution in [0.3, 0.4) is 0 Å². The zero-order valence-corrected chi connectivity index (χ0v) is 14.3. The van der Waals surface area contributed by atoms with Crippen LogP contribution in [-0.2, 0) is 4.79 Å². The molecule has 0 bridgehead atoms. The van der Waals surface area contributed by atoms with Crippen molar-refractivity contribution in [1.82, 2.24) is 4.98 Å². The smallest absolute Gasteiger partial charge is 0.237 e. The van der Waals surface area contributed by atoms with Crippen LogP contribution in [0.4, 0.5) is 5.69 Å². The van der Waals surface area contributed by atoms with Gasteiger partial charge < -0.3 is 10.1 Å². The van der Waals surface area contributed by atoms with E-state index in [2.05, 4.69) is 10.3 Å². The van der Waals surface area contributed by atoms with Gasteiger partial charge in [0.25, 0.3) is 0 Å². The van der Waals surface area contributed by atoms with E-state index in [0.29, 0.717) is 5.75 Å². The number of thioether (sulfide) groups is 1. The number of benzene rings is 2. The number of pyridine rings is 1. The van der Waals surface area contributed by atoms with Crippen LogP contribution >= 0.6 is 11.8 Å². The van der Waals surface area contributed by atoms with Crippen molar-refractivity contribution in [3.05, 3.63) is 60.7 Å². The molecule has 0 spiro atoms. The van der Waals surface area contributed by atoms with E-state index in [4.69, 9.17) is 4.74 Å². The molecule has 5 heteroatoms. The molecule has 1 atom stereocenters. The van der Waals surface area contributed by atoms with Crippen molar-refractivity contribution in [3.8, 4) is 5.75 Å². The number of aromatic nitrogens is 1. The molecule has 0 aliphatic heterocycles. The van der Waals surface area contributed by atoms with Crippen molar-refractivity contribution in [1.29, 1.82) is 0 Å². The van der Waals surface area contributed by atoms with Gasteiger partial charge in [0.05, 0.1) is 22.9 Å². The number of hydrogen-bond donors (Lipinski definition) is 1. The van der Waals surface area contributed by atoms with Gasteiger partial charge in [-0.1, -0.05) is 42.1 Å². The van der Waals surface area contributed by atoms with Crippen LogP contribution in [-0.4, -0.2) is 23.3 Å². The summed E-state index contributed by atoms with van der Waals surface area (Å²) in [5.41, 5.74) is 1.65. The first-order chi connectivity index (χ1) is 11.7. The number of nitrogens with one attached hydrogen (secondary N) is 1. The van der Waals surface area contributed by atoms with Crippen molar-refractivity contribution in [2.24, 2.45) is 0 Å². The average molecular weight is 338 g/mol. The predicted molar refractivity (Wildman–Crippen MR) is 98.7 cm³/mol. The van der Waals surface area contributed by atoms with Crippen LogP contribution in [0.25, 0.3) is 10.9 Å². The fourth-order valence-corrected chi connectivity index (χ4v) is 3.12. The Morgan fingerprint density at radius 2 is 1.96 bits per heavy atom. The molecule has 0 aliphatic rings. The number of carbonyl (C=O) groups is 1. The first-order valence-corrected chi connectivity index (χ1v) is 8.51. The Morgan fingerprint density at radius 3 is 2.79 bits per heavy atom. The number of nitrogens with zero attached hydrogens (tertiary/aromatic N) is 1. The molecular formula is C19H18N2O2S. The normalized spacial score (nSPS) is 11.9. The predicted octanol–water partition coefficient (Wildman–Crippen LogP) is 4.36. The number of fused-ring (bicyclic) bond motifs is 1. The number of carbonyl (C=O) groups excluding carboxylic acids is 1. The Kier molecular flexibility index (Phi) is 5.01. The van der Waals surface area contributed by atoms with Gasteiger partial charge in [0.1, 0.15) is 5.75 Å². The van der Waals surface area contributed by atoms with E-state index >= 15 is 0 Å². The second-order valence-electron chi connectivity index (χ2n) is 5.32. The van der Waals surface area contributed by atoms with Gasteiger partial charge in [-0.3, -0.25) is 4.79 Å². The SMILES string of the molecule is COc1cccc(NC(=O)[C@@H](C)Sc2ccc3ccccc3n2)c1. The van der Waals surface area contributed by atoms with Gasteiger partial charge in [0, 0.05) is 17.1 Å². The van der Waals surface area contributed by atoms with Gasteiger partial charge >= 0.3 is 0 Å². The van der Waals surface area contributed by atoms with E-state index in [9.17, 15) is 4.79 Å². The molecule has 3 aromatic rings. The van der Waals surface area contributed by atoms with Crippen LogP contribution in [0.1, 0.15) is 6.92 Å². The zero-order valence-electron chi connectivity index (χ0n) is 13.5. The van der Waals surface area contributed by atoms with Gasteiger partial charge in [0.2, 0.25) is 5.91 Å². The fourth-order valence-electron chi connectivity index (χ4n) is 2.29. The lowest BCUT2D eigenvalue weighted by Crippen LogP contribution is -2.22. The lowest BCUT2D eigenvalue weighted by Gasteiger charge is -2.12. The maximum atomic E-state index is 12.4. The first kappa shape index (κ1) is 16.3. The van der Waals surface area contributed by atoms with Crippen LogP contribution in [0.5, 0.6) is 5.75 Å². The van der Waals surface area contributed by atoms with Crippen molar-refractivity contribution in [2.45, 2.75) is 17.2 Å². The molecule has 0 saturated carbocycles. The summed E-state index contributed by atoms with van der Waals surface area (Å²) < 4.78 is 5.17. The second kappa shape index (κ2) is 7.36. The highest BCUT2D eigenvalue weighted by atomic mass is 32.2. The van der Waals surface area contributed by atoms with Crippen LogP contribution in [0.2, 0.25) is 0 Å². The lowest BCUT2D eigenvalue weighted by molar-refractivity contribution is -0.115. The summed E-state index contributed by atoms with van der Waals surface area (Å²) >= 11 is 1.44. The Hall–Kier alpha value is -2.53. The van der Waals surface area contributed by atoms with Crippen LogP contribution in [0.15, 0.2) is 65.7 Å². The van der Waals surface area contributed by atoms with E-state index in [-0.39, 0.29) is 11.2 Å². The Bertz CT molecular complexity index is 867. The summed E-state index contributed by atoms with van der Waals surface area (Å²) in [5.74, 6) is 0.646. The monoisotopic (exact) mass is 338 g/mol. The zero-order chi connectivity index (χ0) is 16.9. The highest BCUT2D eigenvalue weighted by Crippen LogP contribution is 2.25. The van der Waals surface area contributed by atoms with Gasteiger partial charge in [-0.15, -0.1) is 0 Å². The molecule has 4 nitrogen and oxygen atoms in total. The fraction of sp³-hybridized carbons (Fsp3) is 0.158. The Balaban J connectivity index is 1.68. The van der Waals surface area contributed by atoms with Crippen molar-refractivity contribution >= 4 is 34.3 Å². The molecule has 0 fully saturated rings. The molecule has 1 N–H and O–H groups in total. The number of anilines is 1. The highest BCUT2D eigenvalue weighted by Gasteiger charge is 2.15. The topological polar surface area (TPSA) is 51.2 Å². The third-order valence-electron chi connectivity index (χ3n) is 3.58. The summed E-state index contributed by atoms with van der Waals surface area (Å²) in [5, 5.41) is 4.57. The highest BCUT2D eigenvalue weighted by molar-refractivity contribution is 8.00. The summed E-state index contributed by atoms with van der Waals surface area (Å²) in [4.78, 5) is 17.0. The van der Waals surface area contributed by atoms with Crippen molar-refractivity contribution in [3.63, 3.8) is 0 Å². The maximum Gasteiger partial charge on any atom is 0.237 e. The molecular weight excluding hydrogens is 320 g/mol. The van der Waals surface area contributed by atoms with Crippen molar-refractivity contribution in [2.75, 3.05) is 12.4 Å². The molecule has 1 heterocycles. The van der Waals surface area contributed by atoms with Gasteiger partial charge in [-0.2, -0.15) is 0 Å². The number of para-hydroxylation sites is 1. The minimum Gasteiger partial charge on any atom is -0.497 e. The van der Waals surface area contributed by atoms with E-state index in [1.54, 1.807) is 13.2 Å². The number of rotatable bonds is 5. The summed E-state index contributed by atoms with van der Waals surface area (Å²) in [6, 6.07) is 19.2. The standard InChI is InChI=1S/C19H18N2O2S/c1-13(19(22)20-15-7-5-8-16(12-15)23-2)24-18-11-10-14-6-3-4-9-17(14)21-18/h3-13H,1-2H3,(H,20,22)/t13-/m1/s1. The Labute approximate surface area is 145 Å². The number of hydrogen-bond acceptors (Lipinski definition) is 4. The van der Waals surface area contributed by atoms with Gasteiger partial charge in [-0.25, -0.2) is 4.98 Å². The third kappa shape index (κ3) is 3.86. The van der Waals surface area contributed by atoms with Crippen molar-refractivity contribution < 1.29 is 9.53 Å². The number of amides is 1. The quantitative estimate of drug-likeness (QED) is 0.702. The molecule has 3 rings (SSSR count). The molecule has 2 aromatic carbocycles. The van der Waals surface area contributed by atoms with E-state index < -0.39 is 0 Å². The van der Waals surface area contributed by atoms with Gasteiger partial charge in [-0.05, 0) is 31.2 Å². The number of methoxy groups -OCH3 is 1. The molecule has 0 radical (unpaired) electrons. The summed E-state index contributed by atoms with van der Waals surface area (Å²) in [6.07, 6.45) is 0. The van der Waals surface area contributed by atoms with E-state index in [0.717, 1.165) is 21.6 Å². The molecule has 0 unspecified atom stereocenters. The molecule has 0 saturated heterocycles. The lowest BCUT2D eigenvalue weighted by atomic mass is 10.2. The van der Waals surface area contributed by atoms with Crippen LogP contribution in [0, 0.1) is 0 Å². The molecule has 122 valence electrons. The first-order valence-electron chi connectivity index (χ1n) is 7.63.